The van der Waals surface area contributed by atoms with Crippen LogP contribution in [0.4, 0.5) is 0 Å². The van der Waals surface area contributed by atoms with Gasteiger partial charge in [-0.2, -0.15) is 5.10 Å². The quantitative estimate of drug-likeness (QED) is 0.808. The summed E-state index contributed by atoms with van der Waals surface area (Å²) in [6, 6.07) is 17.2. The van der Waals surface area contributed by atoms with Crippen molar-refractivity contribution < 1.29 is 5.11 Å². The summed E-state index contributed by atoms with van der Waals surface area (Å²) in [4.78, 5) is 12.8. The number of aryl methyl sites for hydroxylation is 2. The molecule has 0 fully saturated rings. The van der Waals surface area contributed by atoms with Gasteiger partial charge in [0.15, 0.2) is 5.75 Å². The molecule has 0 amide bonds. The van der Waals surface area contributed by atoms with Crippen molar-refractivity contribution in [1.82, 2.24) is 9.78 Å². The van der Waals surface area contributed by atoms with E-state index in [4.69, 9.17) is 0 Å². The highest BCUT2D eigenvalue weighted by Crippen LogP contribution is 2.29. The second-order valence-electron chi connectivity index (χ2n) is 5.57. The third-order valence-electron chi connectivity index (χ3n) is 3.89. The van der Waals surface area contributed by atoms with Gasteiger partial charge in [0.05, 0.1) is 12.1 Å². The Labute approximate surface area is 134 Å². The number of nitrogens with zero attached hydrogens (tertiary/aromatic N) is 2. The second-order valence-corrected chi connectivity index (χ2v) is 5.57. The van der Waals surface area contributed by atoms with E-state index in [1.807, 2.05) is 61.5 Å². The summed E-state index contributed by atoms with van der Waals surface area (Å²) in [7, 11) is 0. The number of benzene rings is 2. The molecule has 0 radical (unpaired) electrons. The topological polar surface area (TPSA) is 55.1 Å². The Hall–Kier alpha value is -2.88. The van der Waals surface area contributed by atoms with Gasteiger partial charge in [-0.1, -0.05) is 54.6 Å². The van der Waals surface area contributed by atoms with Crippen molar-refractivity contribution in [2.24, 2.45) is 0 Å². The largest absolute Gasteiger partial charge is 0.505 e. The highest BCUT2D eigenvalue weighted by atomic mass is 16.3. The summed E-state index contributed by atoms with van der Waals surface area (Å²) < 4.78 is 1.41. The van der Waals surface area contributed by atoms with Crippen LogP contribution in [0.2, 0.25) is 0 Å². The molecule has 0 aliphatic carbocycles. The number of hydrogen-bond acceptors (Lipinski definition) is 3. The minimum atomic E-state index is -0.286. The van der Waals surface area contributed by atoms with Crippen LogP contribution in [0.15, 0.2) is 59.4 Å². The molecule has 0 spiro atoms. The maximum atomic E-state index is 12.8. The van der Waals surface area contributed by atoms with E-state index in [-0.39, 0.29) is 11.3 Å². The van der Waals surface area contributed by atoms with Gasteiger partial charge in [-0.3, -0.25) is 4.79 Å². The molecule has 1 heterocycles. The van der Waals surface area contributed by atoms with Crippen LogP contribution in [0, 0.1) is 13.8 Å². The molecule has 1 aromatic heterocycles. The van der Waals surface area contributed by atoms with Crippen molar-refractivity contribution in [3.05, 3.63) is 81.8 Å². The summed E-state index contributed by atoms with van der Waals surface area (Å²) in [5.41, 5.74) is 3.14. The molecular weight excluding hydrogens is 288 g/mol. The highest BCUT2D eigenvalue weighted by molar-refractivity contribution is 5.72. The lowest BCUT2D eigenvalue weighted by molar-refractivity contribution is 0.458. The van der Waals surface area contributed by atoms with Crippen LogP contribution in [-0.2, 0) is 6.54 Å². The number of hydrogen-bond donors (Lipinski definition) is 1. The summed E-state index contributed by atoms with van der Waals surface area (Å²) >= 11 is 0. The van der Waals surface area contributed by atoms with E-state index in [1.165, 1.54) is 4.68 Å². The minimum absolute atomic E-state index is 0.0476. The fraction of sp³-hybridized carbons (Fsp3) is 0.158. The molecule has 23 heavy (non-hydrogen) atoms. The van der Waals surface area contributed by atoms with E-state index in [9.17, 15) is 9.90 Å². The van der Waals surface area contributed by atoms with Crippen LogP contribution in [-0.4, -0.2) is 14.9 Å². The fourth-order valence-corrected chi connectivity index (χ4v) is 2.64. The Bertz CT molecular complexity index is 899. The lowest BCUT2D eigenvalue weighted by Gasteiger charge is -2.13. The summed E-state index contributed by atoms with van der Waals surface area (Å²) in [5, 5.41) is 14.6. The number of rotatable bonds is 3. The predicted octanol–water partition coefficient (Wildman–Crippen LogP) is 3.28. The number of aromatic hydroxyl groups is 1. The second kappa shape index (κ2) is 6.08. The monoisotopic (exact) mass is 306 g/mol. The maximum Gasteiger partial charge on any atom is 0.278 e. The van der Waals surface area contributed by atoms with E-state index in [0.29, 0.717) is 17.8 Å². The van der Waals surface area contributed by atoms with E-state index in [1.54, 1.807) is 6.92 Å². The molecule has 3 rings (SSSR count). The molecule has 116 valence electrons. The molecule has 0 atom stereocenters. The van der Waals surface area contributed by atoms with E-state index in [2.05, 4.69) is 5.10 Å². The Balaban J connectivity index is 2.18. The van der Waals surface area contributed by atoms with Crippen molar-refractivity contribution in [2.45, 2.75) is 20.4 Å². The first-order chi connectivity index (χ1) is 11.1. The molecule has 1 N–H and O–H groups in total. The molecular formula is C19H18N2O2. The Morgan fingerprint density at radius 2 is 1.65 bits per heavy atom. The molecule has 0 saturated heterocycles. The standard InChI is InChI=1S/C19H18N2O2/c1-13-8-6-7-11-16(13)17-18(22)14(2)20-21(19(17)23)12-15-9-4-3-5-10-15/h3-11,22H,12H2,1-2H3. The van der Waals surface area contributed by atoms with Gasteiger partial charge < -0.3 is 5.11 Å². The third-order valence-corrected chi connectivity index (χ3v) is 3.89. The first-order valence-electron chi connectivity index (χ1n) is 7.48. The summed E-state index contributed by atoms with van der Waals surface area (Å²) in [6.45, 7) is 4.00. The number of aromatic nitrogens is 2. The summed E-state index contributed by atoms with van der Waals surface area (Å²) in [6.07, 6.45) is 0. The van der Waals surface area contributed by atoms with E-state index < -0.39 is 0 Å². The normalized spacial score (nSPS) is 10.7. The van der Waals surface area contributed by atoms with Crippen molar-refractivity contribution in [2.75, 3.05) is 0 Å². The van der Waals surface area contributed by atoms with Gasteiger partial charge in [-0.15, -0.1) is 0 Å². The van der Waals surface area contributed by atoms with Gasteiger partial charge in [0.2, 0.25) is 0 Å². The zero-order valence-electron chi connectivity index (χ0n) is 13.2. The molecule has 0 bridgehead atoms. The van der Waals surface area contributed by atoms with E-state index >= 15 is 0 Å². The molecule has 0 aliphatic rings. The highest BCUT2D eigenvalue weighted by Gasteiger charge is 2.17. The Morgan fingerprint density at radius 1 is 1.00 bits per heavy atom. The molecule has 0 aliphatic heterocycles. The smallest absolute Gasteiger partial charge is 0.278 e. The predicted molar refractivity (Wildman–Crippen MR) is 90.6 cm³/mol. The van der Waals surface area contributed by atoms with Crippen LogP contribution in [0.1, 0.15) is 16.8 Å². The first kappa shape index (κ1) is 15.0. The van der Waals surface area contributed by atoms with Gasteiger partial charge in [0.25, 0.3) is 5.56 Å². The zero-order chi connectivity index (χ0) is 16.4. The average molecular weight is 306 g/mol. The lowest BCUT2D eigenvalue weighted by Crippen LogP contribution is -2.26. The van der Waals surface area contributed by atoms with Gasteiger partial charge >= 0.3 is 0 Å². The van der Waals surface area contributed by atoms with Gasteiger partial charge in [0.1, 0.15) is 5.69 Å². The third kappa shape index (κ3) is 2.88. The van der Waals surface area contributed by atoms with Crippen LogP contribution in [0.3, 0.4) is 0 Å². The molecule has 3 aromatic rings. The van der Waals surface area contributed by atoms with Crippen molar-refractivity contribution in [3.8, 4) is 16.9 Å². The molecule has 0 saturated carbocycles. The maximum absolute atomic E-state index is 12.8. The fourth-order valence-electron chi connectivity index (χ4n) is 2.64. The van der Waals surface area contributed by atoms with Crippen LogP contribution in [0.25, 0.3) is 11.1 Å². The minimum Gasteiger partial charge on any atom is -0.505 e. The van der Waals surface area contributed by atoms with Gasteiger partial charge in [-0.25, -0.2) is 4.68 Å². The molecule has 4 heteroatoms. The summed E-state index contributed by atoms with van der Waals surface area (Å²) in [5.74, 6) is -0.0476. The van der Waals surface area contributed by atoms with Crippen molar-refractivity contribution >= 4 is 0 Å². The molecule has 4 nitrogen and oxygen atoms in total. The lowest BCUT2D eigenvalue weighted by atomic mass is 10.0. The zero-order valence-corrected chi connectivity index (χ0v) is 13.2. The molecule has 0 unspecified atom stereocenters. The van der Waals surface area contributed by atoms with Crippen LogP contribution >= 0.6 is 0 Å². The van der Waals surface area contributed by atoms with Crippen LogP contribution < -0.4 is 5.56 Å². The van der Waals surface area contributed by atoms with Gasteiger partial charge in [0, 0.05) is 0 Å². The van der Waals surface area contributed by atoms with E-state index in [0.717, 1.165) is 16.7 Å². The van der Waals surface area contributed by atoms with Crippen molar-refractivity contribution in [1.29, 1.82) is 0 Å². The van der Waals surface area contributed by atoms with Crippen LogP contribution in [0.5, 0.6) is 5.75 Å². The van der Waals surface area contributed by atoms with Crippen molar-refractivity contribution in [3.63, 3.8) is 0 Å². The first-order valence-corrected chi connectivity index (χ1v) is 7.48. The Kier molecular flexibility index (Phi) is 3.98. The van der Waals surface area contributed by atoms with Gasteiger partial charge in [-0.05, 0) is 30.5 Å². The molecule has 2 aromatic carbocycles. The Morgan fingerprint density at radius 3 is 2.35 bits per heavy atom. The SMILES string of the molecule is Cc1ccccc1-c1c(O)c(C)nn(Cc2ccccc2)c1=O. The average Bonchev–Trinajstić information content (AvgIpc) is 2.55.